The van der Waals surface area contributed by atoms with Gasteiger partial charge in [-0.3, -0.25) is 0 Å². The summed E-state index contributed by atoms with van der Waals surface area (Å²) in [5.41, 5.74) is 8.45. The molecular formula is C25H28N4O3. The number of rotatable bonds is 2. The van der Waals surface area contributed by atoms with Gasteiger partial charge in [0.05, 0.1) is 22.8 Å². The summed E-state index contributed by atoms with van der Waals surface area (Å²) >= 11 is 0. The molecule has 1 spiro atoms. The second-order valence-electron chi connectivity index (χ2n) is 9.47. The lowest BCUT2D eigenvalue weighted by Gasteiger charge is -2.44. The molecule has 0 bridgehead atoms. The molecule has 2 N–H and O–H groups in total. The van der Waals surface area contributed by atoms with Gasteiger partial charge in [-0.1, -0.05) is 18.2 Å². The number of nitrogens with zero attached hydrogens (tertiary/aromatic N) is 3. The lowest BCUT2D eigenvalue weighted by atomic mass is 9.79. The second-order valence-corrected chi connectivity index (χ2v) is 9.47. The van der Waals surface area contributed by atoms with Crippen LogP contribution in [0.1, 0.15) is 44.2 Å². The number of nitriles is 1. The Hall–Kier alpha value is -3.08. The number of benzene rings is 2. The van der Waals surface area contributed by atoms with Crippen molar-refractivity contribution in [2.75, 3.05) is 13.7 Å². The molecule has 0 saturated carbocycles. The van der Waals surface area contributed by atoms with Crippen LogP contribution in [0.4, 0.5) is 0 Å². The zero-order valence-corrected chi connectivity index (χ0v) is 18.7. The molecule has 1 saturated heterocycles. The maximum absolute atomic E-state index is 9.28. The van der Waals surface area contributed by atoms with Gasteiger partial charge in [0, 0.05) is 26.0 Å². The van der Waals surface area contributed by atoms with Crippen molar-refractivity contribution in [3.8, 4) is 22.9 Å². The third-order valence-corrected chi connectivity index (χ3v) is 6.65. The monoisotopic (exact) mass is 432 g/mol. The molecule has 0 radical (unpaired) electrons. The van der Waals surface area contributed by atoms with Crippen LogP contribution >= 0.6 is 0 Å². The Bertz CT molecular complexity index is 1120. The third kappa shape index (κ3) is 3.60. The van der Waals surface area contributed by atoms with Crippen LogP contribution in [0.15, 0.2) is 47.5 Å². The molecule has 1 fully saturated rings. The van der Waals surface area contributed by atoms with Gasteiger partial charge in [-0.05, 0) is 62.1 Å². The maximum atomic E-state index is 9.28. The van der Waals surface area contributed by atoms with Crippen LogP contribution in [0.2, 0.25) is 0 Å². The average Bonchev–Trinajstić information content (AvgIpc) is 3.06. The zero-order valence-electron chi connectivity index (χ0n) is 18.7. The summed E-state index contributed by atoms with van der Waals surface area (Å²) in [6.45, 7) is 4.98. The van der Waals surface area contributed by atoms with Crippen LogP contribution in [0.3, 0.4) is 0 Å². The summed E-state index contributed by atoms with van der Waals surface area (Å²) < 4.78 is 12.5. The standard InChI is InChI=1S/C25H28N4O3/c1-24(2)13-19(9-10-30-24)22-14-25(28-23(27)29(3)32-25)20-12-18(7-8-21(20)31-22)17-6-4-5-16(11-17)15-26/h4-8,11-12,19,22H,9-10,13-14H2,1-3H3,(H2,27,28)/t19-,22+,25-/m1/s1. The average molecular weight is 433 g/mol. The lowest BCUT2D eigenvalue weighted by molar-refractivity contribution is -0.198. The predicted octanol–water partition coefficient (Wildman–Crippen LogP) is 3.93. The van der Waals surface area contributed by atoms with Gasteiger partial charge in [-0.2, -0.15) is 5.26 Å². The molecule has 5 rings (SSSR count). The topological polar surface area (TPSA) is 93.1 Å². The molecule has 7 nitrogen and oxygen atoms in total. The van der Waals surface area contributed by atoms with E-state index in [2.05, 4.69) is 19.9 Å². The lowest BCUT2D eigenvalue weighted by Crippen LogP contribution is -2.46. The van der Waals surface area contributed by atoms with E-state index >= 15 is 0 Å². The molecule has 3 aliphatic heterocycles. The van der Waals surface area contributed by atoms with Gasteiger partial charge in [0.25, 0.3) is 0 Å². The van der Waals surface area contributed by atoms with Crippen LogP contribution in [0.25, 0.3) is 11.1 Å². The maximum Gasteiger partial charge on any atom is 0.221 e. The van der Waals surface area contributed by atoms with Crippen LogP contribution in [0.5, 0.6) is 5.75 Å². The molecule has 3 aliphatic rings. The highest BCUT2D eigenvalue weighted by atomic mass is 16.7. The molecule has 166 valence electrons. The molecule has 2 aromatic carbocycles. The quantitative estimate of drug-likeness (QED) is 0.773. The smallest absolute Gasteiger partial charge is 0.221 e. The fraction of sp³-hybridized carbons (Fsp3) is 0.440. The van der Waals surface area contributed by atoms with Crippen molar-refractivity contribution >= 4 is 5.96 Å². The first-order valence-corrected chi connectivity index (χ1v) is 11.0. The highest BCUT2D eigenvalue weighted by molar-refractivity contribution is 5.79. The summed E-state index contributed by atoms with van der Waals surface area (Å²) in [5.74, 6) is 1.44. The van der Waals surface area contributed by atoms with Gasteiger partial charge in [0.2, 0.25) is 11.7 Å². The summed E-state index contributed by atoms with van der Waals surface area (Å²) in [6, 6.07) is 15.8. The first kappa shape index (κ1) is 20.8. The number of nitrogens with two attached hydrogens (primary N) is 1. The fourth-order valence-electron chi connectivity index (χ4n) is 5.07. The van der Waals surface area contributed by atoms with E-state index < -0.39 is 5.72 Å². The number of fused-ring (bicyclic) bond motifs is 2. The van der Waals surface area contributed by atoms with E-state index in [4.69, 9.17) is 25.0 Å². The minimum absolute atomic E-state index is 0.0542. The van der Waals surface area contributed by atoms with Crippen LogP contribution in [0, 0.1) is 17.2 Å². The number of ether oxygens (including phenoxy) is 2. The highest BCUT2D eigenvalue weighted by Crippen LogP contribution is 2.49. The Morgan fingerprint density at radius 1 is 1.16 bits per heavy atom. The van der Waals surface area contributed by atoms with Crippen molar-refractivity contribution in [2.24, 2.45) is 16.6 Å². The number of hydrogen-bond donors (Lipinski definition) is 1. The number of aliphatic imine (C=N–C) groups is 1. The van der Waals surface area contributed by atoms with Crippen molar-refractivity contribution in [1.82, 2.24) is 5.06 Å². The summed E-state index contributed by atoms with van der Waals surface area (Å²) in [4.78, 5) is 11.1. The minimum atomic E-state index is -0.928. The van der Waals surface area contributed by atoms with E-state index in [9.17, 15) is 5.26 Å². The van der Waals surface area contributed by atoms with Crippen molar-refractivity contribution in [3.05, 3.63) is 53.6 Å². The van der Waals surface area contributed by atoms with Gasteiger partial charge in [-0.25, -0.2) is 14.9 Å². The van der Waals surface area contributed by atoms with E-state index in [1.165, 1.54) is 5.06 Å². The van der Waals surface area contributed by atoms with Crippen LogP contribution in [-0.4, -0.2) is 36.4 Å². The molecular weight excluding hydrogens is 404 g/mol. The Morgan fingerprint density at radius 2 is 1.97 bits per heavy atom. The number of hydroxylamine groups is 2. The van der Waals surface area contributed by atoms with Crippen molar-refractivity contribution in [3.63, 3.8) is 0 Å². The highest BCUT2D eigenvalue weighted by Gasteiger charge is 2.51. The van der Waals surface area contributed by atoms with Gasteiger partial charge in [0.1, 0.15) is 11.9 Å². The van der Waals surface area contributed by atoms with Crippen LogP contribution < -0.4 is 10.5 Å². The summed E-state index contributed by atoms with van der Waals surface area (Å²) in [6.07, 6.45) is 2.37. The van der Waals surface area contributed by atoms with E-state index in [0.29, 0.717) is 23.9 Å². The molecule has 3 heterocycles. The predicted molar refractivity (Wildman–Crippen MR) is 121 cm³/mol. The number of guanidine groups is 1. The minimum Gasteiger partial charge on any atom is -0.489 e. The van der Waals surface area contributed by atoms with Gasteiger partial charge in [0.15, 0.2) is 0 Å². The Morgan fingerprint density at radius 3 is 2.69 bits per heavy atom. The fourth-order valence-corrected chi connectivity index (χ4v) is 5.07. The largest absolute Gasteiger partial charge is 0.489 e. The summed E-state index contributed by atoms with van der Waals surface area (Å²) in [7, 11) is 1.77. The van der Waals surface area contributed by atoms with Crippen molar-refractivity contribution in [2.45, 2.75) is 50.5 Å². The molecule has 7 heteroatoms. The van der Waals surface area contributed by atoms with Crippen molar-refractivity contribution in [1.29, 1.82) is 5.26 Å². The van der Waals surface area contributed by atoms with E-state index in [1.54, 1.807) is 13.1 Å². The molecule has 2 aromatic rings. The third-order valence-electron chi connectivity index (χ3n) is 6.65. The summed E-state index contributed by atoms with van der Waals surface area (Å²) in [5, 5.41) is 10.8. The van der Waals surface area contributed by atoms with Crippen LogP contribution in [-0.2, 0) is 15.3 Å². The molecule has 0 aromatic heterocycles. The first-order chi connectivity index (χ1) is 15.3. The van der Waals surface area contributed by atoms with Gasteiger partial charge >= 0.3 is 0 Å². The first-order valence-electron chi connectivity index (χ1n) is 11.0. The Labute approximate surface area is 188 Å². The van der Waals surface area contributed by atoms with Gasteiger partial charge in [-0.15, -0.1) is 0 Å². The molecule has 0 unspecified atom stereocenters. The Kier molecular flexibility index (Phi) is 4.88. The number of hydrogen-bond acceptors (Lipinski definition) is 7. The molecule has 0 aliphatic carbocycles. The molecule has 3 atom stereocenters. The normalized spacial score (nSPS) is 28.6. The second kappa shape index (κ2) is 7.51. The van der Waals surface area contributed by atoms with E-state index in [-0.39, 0.29) is 11.7 Å². The molecule has 0 amide bonds. The zero-order chi connectivity index (χ0) is 22.5. The van der Waals surface area contributed by atoms with E-state index in [1.807, 2.05) is 36.4 Å². The van der Waals surface area contributed by atoms with E-state index in [0.717, 1.165) is 41.9 Å². The van der Waals surface area contributed by atoms with Gasteiger partial charge < -0.3 is 15.2 Å². The Balaban J connectivity index is 1.56. The van der Waals surface area contributed by atoms with Crippen molar-refractivity contribution < 1.29 is 14.3 Å². The molecule has 32 heavy (non-hydrogen) atoms. The SMILES string of the molecule is CN1O[C@@]2(C[C@@H]([C@@H]3CCOC(C)(C)C3)Oc3ccc(-c4cccc(C#N)c4)cc32)N=C1N.